The van der Waals surface area contributed by atoms with Crippen molar-refractivity contribution in [2.45, 2.75) is 71.3 Å². The lowest BCUT2D eigenvalue weighted by atomic mass is 10.2. The standard InChI is InChI=1S/C15H28O8S/c1-3-5-7-9-14(16)21-11-13(23-24(18,19)20)12-22-15(17)10-8-6-4-2/h13H,3-12H2,1-2H3,(H,18,19,20). The molecule has 9 heteroatoms. The Kier molecular flexibility index (Phi) is 12.5. The highest BCUT2D eigenvalue weighted by Gasteiger charge is 2.21. The summed E-state index contributed by atoms with van der Waals surface area (Å²) in [4.78, 5) is 23.0. The van der Waals surface area contributed by atoms with Crippen molar-refractivity contribution in [3.63, 3.8) is 0 Å². The highest BCUT2D eigenvalue weighted by atomic mass is 32.3. The highest BCUT2D eigenvalue weighted by Crippen LogP contribution is 2.06. The maximum absolute atomic E-state index is 11.5. The van der Waals surface area contributed by atoms with Gasteiger partial charge in [-0.15, -0.1) is 0 Å². The SMILES string of the molecule is CCCCCC(=O)OCC(COC(=O)CCCCC)OS(=O)(=O)O. The molecule has 0 aliphatic rings. The van der Waals surface area contributed by atoms with Gasteiger partial charge in [0.25, 0.3) is 0 Å². The molecule has 0 saturated carbocycles. The summed E-state index contributed by atoms with van der Waals surface area (Å²) in [6.07, 6.45) is 4.17. The van der Waals surface area contributed by atoms with Gasteiger partial charge in [0, 0.05) is 12.8 Å². The summed E-state index contributed by atoms with van der Waals surface area (Å²) in [5, 5.41) is 0. The Morgan fingerprint density at radius 2 is 1.29 bits per heavy atom. The summed E-state index contributed by atoms with van der Waals surface area (Å²) in [6.45, 7) is 3.15. The molecule has 0 rings (SSSR count). The van der Waals surface area contributed by atoms with Gasteiger partial charge in [0.2, 0.25) is 0 Å². The molecule has 142 valence electrons. The number of unbranched alkanes of at least 4 members (excludes halogenated alkanes) is 4. The van der Waals surface area contributed by atoms with Gasteiger partial charge in [-0.2, -0.15) is 8.42 Å². The fourth-order valence-electron chi connectivity index (χ4n) is 1.83. The van der Waals surface area contributed by atoms with Crippen molar-refractivity contribution in [2.24, 2.45) is 0 Å². The lowest BCUT2D eigenvalue weighted by Crippen LogP contribution is -2.30. The predicted molar refractivity (Wildman–Crippen MR) is 86.6 cm³/mol. The number of ether oxygens (including phenoxy) is 2. The quantitative estimate of drug-likeness (QED) is 0.282. The molecule has 0 heterocycles. The van der Waals surface area contributed by atoms with Crippen LogP contribution in [0.1, 0.15) is 65.2 Å². The second kappa shape index (κ2) is 13.1. The van der Waals surface area contributed by atoms with E-state index in [-0.39, 0.29) is 12.8 Å². The molecule has 24 heavy (non-hydrogen) atoms. The molecule has 0 unspecified atom stereocenters. The number of esters is 2. The zero-order chi connectivity index (χ0) is 18.4. The van der Waals surface area contributed by atoms with Crippen LogP contribution in [0.15, 0.2) is 0 Å². The summed E-state index contributed by atoms with van der Waals surface area (Å²) in [5.74, 6) is -0.997. The number of rotatable bonds is 14. The summed E-state index contributed by atoms with van der Waals surface area (Å²) in [6, 6.07) is 0. The zero-order valence-corrected chi connectivity index (χ0v) is 15.2. The van der Waals surface area contributed by atoms with E-state index in [0.717, 1.165) is 25.7 Å². The van der Waals surface area contributed by atoms with Crippen molar-refractivity contribution in [2.75, 3.05) is 13.2 Å². The molecule has 0 radical (unpaired) electrons. The van der Waals surface area contributed by atoms with Crippen molar-refractivity contribution in [3.8, 4) is 0 Å². The van der Waals surface area contributed by atoms with Crippen LogP contribution >= 0.6 is 0 Å². The molecule has 0 aromatic rings. The van der Waals surface area contributed by atoms with E-state index >= 15 is 0 Å². The molecule has 0 aliphatic carbocycles. The van der Waals surface area contributed by atoms with Crippen LogP contribution in [0.5, 0.6) is 0 Å². The first-order valence-electron chi connectivity index (χ1n) is 8.25. The number of carbonyl (C=O) groups is 2. The monoisotopic (exact) mass is 368 g/mol. The van der Waals surface area contributed by atoms with E-state index in [9.17, 15) is 18.0 Å². The average molecular weight is 368 g/mol. The number of hydrogen-bond acceptors (Lipinski definition) is 7. The third-order valence-corrected chi connectivity index (χ3v) is 3.60. The Labute approximate surface area is 143 Å². The molecule has 1 N–H and O–H groups in total. The van der Waals surface area contributed by atoms with Crippen molar-refractivity contribution >= 4 is 22.3 Å². The van der Waals surface area contributed by atoms with Gasteiger partial charge in [-0.3, -0.25) is 14.1 Å². The first-order valence-corrected chi connectivity index (χ1v) is 9.62. The molecule has 0 atom stereocenters. The van der Waals surface area contributed by atoms with Gasteiger partial charge in [-0.05, 0) is 12.8 Å². The van der Waals surface area contributed by atoms with Gasteiger partial charge < -0.3 is 9.47 Å². The molecule has 0 aromatic heterocycles. The van der Waals surface area contributed by atoms with E-state index in [1.54, 1.807) is 0 Å². The summed E-state index contributed by atoms with van der Waals surface area (Å²) in [5.41, 5.74) is 0. The predicted octanol–water partition coefficient (Wildman–Crippen LogP) is 2.42. The van der Waals surface area contributed by atoms with E-state index in [1.165, 1.54) is 0 Å². The Morgan fingerprint density at radius 3 is 1.62 bits per heavy atom. The minimum absolute atomic E-state index is 0.212. The molecule has 8 nitrogen and oxygen atoms in total. The fraction of sp³-hybridized carbons (Fsp3) is 0.867. The first kappa shape index (κ1) is 22.8. The zero-order valence-electron chi connectivity index (χ0n) is 14.4. The first-order chi connectivity index (χ1) is 11.3. The normalized spacial score (nSPS) is 11.5. The highest BCUT2D eigenvalue weighted by molar-refractivity contribution is 7.80. The Morgan fingerprint density at radius 1 is 0.875 bits per heavy atom. The van der Waals surface area contributed by atoms with Crippen LogP contribution in [-0.4, -0.2) is 44.2 Å². The summed E-state index contributed by atoms with van der Waals surface area (Å²) < 4.78 is 44.5. The summed E-state index contributed by atoms with van der Waals surface area (Å²) in [7, 11) is -4.74. The van der Waals surface area contributed by atoms with Crippen LogP contribution in [0, 0.1) is 0 Å². The topological polar surface area (TPSA) is 116 Å². The summed E-state index contributed by atoms with van der Waals surface area (Å²) >= 11 is 0. The second-order valence-electron chi connectivity index (χ2n) is 5.43. The molecular formula is C15H28O8S. The van der Waals surface area contributed by atoms with Crippen molar-refractivity contribution < 1.29 is 36.2 Å². The number of hydrogen-bond donors (Lipinski definition) is 1. The van der Waals surface area contributed by atoms with Gasteiger partial charge in [0.1, 0.15) is 19.3 Å². The van der Waals surface area contributed by atoms with Gasteiger partial charge in [0.05, 0.1) is 0 Å². The second-order valence-corrected chi connectivity index (χ2v) is 6.47. The van der Waals surface area contributed by atoms with Crippen molar-refractivity contribution in [1.82, 2.24) is 0 Å². The average Bonchev–Trinajstić information content (AvgIpc) is 2.49. The third kappa shape index (κ3) is 14.4. The third-order valence-electron chi connectivity index (χ3n) is 3.09. The van der Waals surface area contributed by atoms with Crippen LogP contribution in [0.2, 0.25) is 0 Å². The smallest absolute Gasteiger partial charge is 0.397 e. The molecule has 0 aromatic carbocycles. The van der Waals surface area contributed by atoms with Gasteiger partial charge in [-0.1, -0.05) is 39.5 Å². The Bertz CT molecular complexity index is 434. The van der Waals surface area contributed by atoms with Crippen LogP contribution in [-0.2, 0) is 33.6 Å². The Hall–Kier alpha value is -1.19. The van der Waals surface area contributed by atoms with Gasteiger partial charge >= 0.3 is 22.3 Å². The van der Waals surface area contributed by atoms with E-state index in [2.05, 4.69) is 4.18 Å². The maximum Gasteiger partial charge on any atom is 0.397 e. The van der Waals surface area contributed by atoms with Crippen LogP contribution in [0.3, 0.4) is 0 Å². The van der Waals surface area contributed by atoms with E-state index < -0.39 is 41.7 Å². The van der Waals surface area contributed by atoms with Crippen LogP contribution in [0.4, 0.5) is 0 Å². The lowest BCUT2D eigenvalue weighted by molar-refractivity contribution is -0.151. The molecule has 0 spiro atoms. The Balaban J connectivity index is 4.28. The van der Waals surface area contributed by atoms with Crippen molar-refractivity contribution in [1.29, 1.82) is 0 Å². The minimum Gasteiger partial charge on any atom is -0.463 e. The fourth-order valence-corrected chi connectivity index (χ4v) is 2.29. The maximum atomic E-state index is 11.5. The van der Waals surface area contributed by atoms with Gasteiger partial charge in [-0.25, -0.2) is 4.18 Å². The van der Waals surface area contributed by atoms with E-state index in [1.807, 2.05) is 13.8 Å². The molecule has 0 amide bonds. The molecule has 0 fully saturated rings. The molecule has 0 saturated heterocycles. The molecular weight excluding hydrogens is 340 g/mol. The number of carbonyl (C=O) groups excluding carboxylic acids is 2. The molecule has 0 aliphatic heterocycles. The van der Waals surface area contributed by atoms with Crippen LogP contribution in [0.25, 0.3) is 0 Å². The van der Waals surface area contributed by atoms with Gasteiger partial charge in [0.15, 0.2) is 0 Å². The largest absolute Gasteiger partial charge is 0.463 e. The molecule has 0 bridgehead atoms. The van der Waals surface area contributed by atoms with E-state index in [4.69, 9.17) is 14.0 Å². The van der Waals surface area contributed by atoms with E-state index in [0.29, 0.717) is 12.8 Å². The van der Waals surface area contributed by atoms with Crippen molar-refractivity contribution in [3.05, 3.63) is 0 Å². The lowest BCUT2D eigenvalue weighted by Gasteiger charge is -2.16. The van der Waals surface area contributed by atoms with Crippen LogP contribution < -0.4 is 0 Å². The minimum atomic E-state index is -4.74.